The van der Waals surface area contributed by atoms with Gasteiger partial charge in [-0.05, 0) is 300 Å². The Morgan fingerprint density at radius 1 is 0.372 bits per heavy atom. The number of carboxylic acid groups (broad SMARTS) is 1. The number of hydrogen-bond acceptors (Lipinski definition) is 23. The van der Waals surface area contributed by atoms with Gasteiger partial charge in [-0.3, -0.25) is 14.4 Å². The van der Waals surface area contributed by atoms with Crippen molar-refractivity contribution < 1.29 is 116 Å². The minimum Gasteiger partial charge on any atom is -0.491 e. The van der Waals surface area contributed by atoms with Crippen LogP contribution >= 0.6 is 0 Å². The Labute approximate surface area is 878 Å². The predicted octanol–water partition coefficient (Wildman–Crippen LogP) is 22.9. The maximum atomic E-state index is 14.0. The van der Waals surface area contributed by atoms with Crippen LogP contribution in [0.4, 0.5) is 0 Å². The summed E-state index contributed by atoms with van der Waals surface area (Å²) in [7, 11) is 4.88. The van der Waals surface area contributed by atoms with Gasteiger partial charge < -0.3 is 68.2 Å². The fourth-order valence-electron chi connectivity index (χ4n) is 24.6. The van der Waals surface area contributed by atoms with E-state index in [9.17, 15) is 19.2 Å². The molecule has 4 saturated carbocycles. The highest BCUT2D eigenvalue weighted by Crippen LogP contribution is 2.61. The average Bonchev–Trinajstić information content (AvgIpc) is 0.722. The van der Waals surface area contributed by atoms with Gasteiger partial charge in [0.1, 0.15) is 87.1 Å². The first-order valence-electron chi connectivity index (χ1n) is 53.1. The highest BCUT2D eigenvalue weighted by Gasteiger charge is 2.58. The van der Waals surface area contributed by atoms with Gasteiger partial charge in [0, 0.05) is 39.0 Å². The van der Waals surface area contributed by atoms with E-state index in [-0.39, 0.29) is 112 Å². The number of ether oxygens (including phenoxy) is 9. The topological polar surface area (TPSA) is 355 Å². The third kappa shape index (κ3) is 32.2. The number of fused-ring (bicyclic) bond motifs is 12. The molecule has 0 aromatic heterocycles. The van der Waals surface area contributed by atoms with Gasteiger partial charge in [0.2, 0.25) is 0 Å². The normalized spacial score (nSPS) is 24.0. The molecule has 4 fully saturated rings. The van der Waals surface area contributed by atoms with Crippen LogP contribution in [-0.2, 0) is 116 Å². The summed E-state index contributed by atoms with van der Waals surface area (Å²) in [5, 5.41) is 43.9. The number of carbonyl (C=O) groups is 4. The second-order valence-corrected chi connectivity index (χ2v) is 44.1. The monoisotopic (exact) mass is 2040 g/mol. The van der Waals surface area contributed by atoms with Crippen molar-refractivity contribution in [2.24, 2.45) is 46.3 Å². The maximum Gasteiger partial charge on any atom is 0.373 e. The van der Waals surface area contributed by atoms with E-state index in [0.717, 1.165) is 99.0 Å². The first-order chi connectivity index (χ1) is 70.5. The number of methoxy groups -OCH3 is 3. The summed E-state index contributed by atoms with van der Waals surface area (Å²) in [5.41, 5.74) is 20.0. The molecule has 0 bridgehead atoms. The van der Waals surface area contributed by atoms with Gasteiger partial charge >= 0.3 is 36.4 Å². The van der Waals surface area contributed by atoms with Crippen molar-refractivity contribution in [3.63, 3.8) is 0 Å². The van der Waals surface area contributed by atoms with E-state index in [1.807, 2.05) is 48.5 Å². The minimum atomic E-state index is -0.925. The summed E-state index contributed by atoms with van der Waals surface area (Å²) >= 11 is 0. The van der Waals surface area contributed by atoms with Gasteiger partial charge in [-0.25, -0.2) is 4.79 Å². The molecule has 24 nitrogen and oxygen atoms in total. The number of aliphatic hydroxyl groups is 4. The summed E-state index contributed by atoms with van der Waals surface area (Å²) in [4.78, 5) is 97.8. The zero-order valence-corrected chi connectivity index (χ0v) is 91.3. The standard InChI is InChI=1S/C54H74O8.2C19H28.C12H18O6.C10H12O2.C7H6O2.3CO2/c1-35(2)37-16-20-45-39(28-37)18-22-47-51(45,5)24-12-26-53(47,7)49(55)61-33-43(57-9)31-59-41-14-11-15-42(30-41)60-32-44(58-10)34-62-50(56)54(8)27-13-25-52(6)46-21-17-38(36(3)4)29-40(46)19-23-48(52)54;2*1-13(2)15-7-10-18-16(12-15)8-9-17-14(3)6-5-11-19(17,18)4;13-5-9(15)7-17-11-2-1-3-12(4-11)18-8-10(16)6-14;1-8(11)10-5-3-9(4-6-10)7-12-2;8-7(9)6-4-2-1-3-5-6;3*2-1-3/h11,14-17,20-21,28-30,35-36,43-44,47-48H,12-13,18-19,22-27,31-34H2,1-10H3;2*7,10,12-14,17H,5-6,8-9,11H2,1-4H3;1-4,9-10,13-16H,5-8H2;3-6H,7H2,1-2H3;1-5H,(H,8,9);;;. The van der Waals surface area contributed by atoms with Crippen molar-refractivity contribution in [1.29, 1.82) is 0 Å². The van der Waals surface area contributed by atoms with Crippen molar-refractivity contribution in [2.75, 3.05) is 74.2 Å². The molecule has 0 radical (unpaired) electrons. The third-order valence-corrected chi connectivity index (χ3v) is 33.0. The van der Waals surface area contributed by atoms with Crippen molar-refractivity contribution in [2.45, 2.75) is 322 Å². The van der Waals surface area contributed by atoms with Crippen LogP contribution in [0.25, 0.3) is 0 Å². The van der Waals surface area contributed by atoms with E-state index in [2.05, 4.69) is 184 Å². The van der Waals surface area contributed by atoms with Gasteiger partial charge in [-0.1, -0.05) is 263 Å². The Kier molecular flexibility index (Phi) is 48.1. The van der Waals surface area contributed by atoms with Crippen LogP contribution in [0.15, 0.2) is 176 Å². The number of carbonyl (C=O) groups excluding carboxylic acids is 9. The Morgan fingerprint density at radius 3 is 0.986 bits per heavy atom. The van der Waals surface area contributed by atoms with E-state index in [1.165, 1.54) is 109 Å². The highest BCUT2D eigenvalue weighted by molar-refractivity contribution is 5.94. The summed E-state index contributed by atoms with van der Waals surface area (Å²) in [6.45, 7) is 39.3. The second-order valence-electron chi connectivity index (χ2n) is 44.1. The maximum absolute atomic E-state index is 14.0. The molecule has 24 heteroatoms. The number of hydrogen-bond donors (Lipinski definition) is 5. The lowest BCUT2D eigenvalue weighted by Crippen LogP contribution is -2.53. The van der Waals surface area contributed by atoms with Gasteiger partial charge in [-0.15, -0.1) is 0 Å². The smallest absolute Gasteiger partial charge is 0.373 e. The fraction of sp³-hybridized carbons (Fsp3) is 0.556. The first-order valence-corrected chi connectivity index (χ1v) is 53.1. The highest BCUT2D eigenvalue weighted by atomic mass is 16.6. The molecule has 0 saturated heterocycles. The summed E-state index contributed by atoms with van der Waals surface area (Å²) in [6, 6.07) is 58.5. The third-order valence-electron chi connectivity index (χ3n) is 33.0. The van der Waals surface area contributed by atoms with Crippen LogP contribution in [0.2, 0.25) is 0 Å². The number of carboxylic acids is 1. The van der Waals surface area contributed by atoms with Crippen LogP contribution in [0, 0.1) is 46.3 Å². The molecule has 8 aliphatic carbocycles. The van der Waals surface area contributed by atoms with Gasteiger partial charge in [0.25, 0.3) is 0 Å². The molecule has 8 aromatic carbocycles. The second kappa shape index (κ2) is 58.3. The Balaban J connectivity index is 0.000000250. The lowest BCUT2D eigenvalue weighted by molar-refractivity contribution is -0.193. The number of rotatable bonds is 30. The Hall–Kier alpha value is -11.1. The predicted molar refractivity (Wildman–Crippen MR) is 569 cm³/mol. The molecule has 5 N–H and O–H groups in total. The molecule has 16 atom stereocenters. The number of aromatic carboxylic acids is 1. The van der Waals surface area contributed by atoms with Crippen LogP contribution < -0.4 is 18.9 Å². The molecule has 16 rings (SSSR count). The largest absolute Gasteiger partial charge is 0.491 e. The minimum absolute atomic E-state index is 0.0147. The van der Waals surface area contributed by atoms with Gasteiger partial charge in [0.15, 0.2) is 5.78 Å². The van der Waals surface area contributed by atoms with E-state index in [1.54, 1.807) is 105 Å². The molecule has 0 amide bonds. The molecule has 8 aromatic rings. The number of benzene rings is 8. The van der Waals surface area contributed by atoms with Crippen molar-refractivity contribution in [3.8, 4) is 23.0 Å². The SMILES string of the molecule is CC(C)c1ccc2c(c1)CCC1C(C)CCCC21C.CC(C)c1ccc2c(c1)CCC1C(C)CCCC21C.COC(COC(=O)C1(C)CCCC2(C)c3ccc(C(C)C)cc3CCC12)COc1cccc(OCC(COC(=O)C2(C)CCCC3(C)c4ccc(C(C)C)cc4CCC23)OC)c1.COCc1ccc(C(C)=O)cc1.O=C(O)c1ccccc1.O=C=O.O=C=O.O=C=O.OCC(O)COc1cccc(OCC(O)CO)c1. The molecule has 0 heterocycles. The van der Waals surface area contributed by atoms with Crippen molar-refractivity contribution in [3.05, 3.63) is 259 Å². The molecular formula is C124H166O24. The molecule has 0 spiro atoms. The van der Waals surface area contributed by atoms with Gasteiger partial charge in [0.05, 0.1) is 36.2 Å². The average molecular weight is 2040 g/mol. The van der Waals surface area contributed by atoms with Gasteiger partial charge in [-0.2, -0.15) is 28.8 Å². The van der Waals surface area contributed by atoms with E-state index >= 15 is 0 Å². The number of esters is 2. The van der Waals surface area contributed by atoms with Crippen molar-refractivity contribution in [1.82, 2.24) is 0 Å². The Bertz CT molecular complexity index is 5320. The molecule has 0 aliphatic heterocycles. The zero-order valence-electron chi connectivity index (χ0n) is 91.3. The van der Waals surface area contributed by atoms with E-state index in [4.69, 9.17) is 96.9 Å². The number of aryl methyl sites for hydroxylation is 4. The van der Waals surface area contributed by atoms with E-state index in [0.29, 0.717) is 69.7 Å². The molecule has 148 heavy (non-hydrogen) atoms. The van der Waals surface area contributed by atoms with E-state index < -0.39 is 41.2 Å². The van der Waals surface area contributed by atoms with Crippen LogP contribution in [0.3, 0.4) is 0 Å². The summed E-state index contributed by atoms with van der Waals surface area (Å²) in [5.74, 6) is 7.50. The Morgan fingerprint density at radius 2 is 0.689 bits per heavy atom. The molecule has 8 aliphatic rings. The quantitative estimate of drug-likeness (QED) is 0.0206. The number of aliphatic hydroxyl groups excluding tert-OH is 4. The lowest BCUT2D eigenvalue weighted by atomic mass is 9.49. The summed E-state index contributed by atoms with van der Waals surface area (Å²) in [6.07, 6.45) is 21.7. The zero-order chi connectivity index (χ0) is 109. The van der Waals surface area contributed by atoms with Crippen LogP contribution in [0.5, 0.6) is 23.0 Å². The number of ketones is 1. The molecule has 16 unspecified atom stereocenters. The first kappa shape index (κ1) is 122. The van der Waals surface area contributed by atoms with Crippen LogP contribution in [-0.4, -0.2) is 166 Å². The fourth-order valence-corrected chi connectivity index (χ4v) is 24.6. The molecular weight excluding hydrogens is 1870 g/mol. The number of Topliss-reactive ketones (excluding diaryl/α,β-unsaturated/α-hetero) is 1. The van der Waals surface area contributed by atoms with Crippen LogP contribution in [0.1, 0.15) is 337 Å². The molecule has 806 valence electrons. The summed E-state index contributed by atoms with van der Waals surface area (Å²) < 4.78 is 51.3. The van der Waals surface area contributed by atoms with Crippen molar-refractivity contribution >= 4 is 42.1 Å². The lowest BCUT2D eigenvalue weighted by Gasteiger charge is -2.54.